The lowest BCUT2D eigenvalue weighted by molar-refractivity contribution is -0.137. The molecule has 3 rings (SSSR count). The van der Waals surface area contributed by atoms with E-state index in [0.29, 0.717) is 10.8 Å². The number of rotatable bonds is 3. The molecule has 24 heavy (non-hydrogen) atoms. The van der Waals surface area contributed by atoms with Gasteiger partial charge in [0.2, 0.25) is 0 Å². The van der Waals surface area contributed by atoms with Gasteiger partial charge in [0.25, 0.3) is 0 Å². The van der Waals surface area contributed by atoms with Gasteiger partial charge in [-0.05, 0) is 36.8 Å². The highest BCUT2D eigenvalue weighted by Gasteiger charge is 2.31. The number of aromatic nitrogens is 3. The van der Waals surface area contributed by atoms with Crippen LogP contribution in [0.25, 0.3) is 5.65 Å². The van der Waals surface area contributed by atoms with Crippen LogP contribution in [0.1, 0.15) is 23.3 Å². The van der Waals surface area contributed by atoms with E-state index < -0.39 is 17.6 Å². The molecule has 0 spiro atoms. The summed E-state index contributed by atoms with van der Waals surface area (Å²) in [6.45, 7) is 1.82. The highest BCUT2D eigenvalue weighted by atomic mass is 35.5. The molecule has 0 radical (unpaired) electrons. The fourth-order valence-electron chi connectivity index (χ4n) is 2.11. The lowest BCUT2D eigenvalue weighted by Gasteiger charge is -2.12. The van der Waals surface area contributed by atoms with Crippen LogP contribution in [0, 0.1) is 5.82 Å². The quantitative estimate of drug-likeness (QED) is 0.454. The molecule has 1 atom stereocenters. The number of pyridine rings is 1. The molecule has 3 nitrogen and oxygen atoms in total. The van der Waals surface area contributed by atoms with Crippen molar-refractivity contribution in [2.24, 2.45) is 0 Å². The van der Waals surface area contributed by atoms with Crippen molar-refractivity contribution in [3.63, 3.8) is 0 Å². The van der Waals surface area contributed by atoms with Crippen LogP contribution in [0.3, 0.4) is 0 Å². The number of thioether (sulfide) groups is 1. The van der Waals surface area contributed by atoms with Crippen molar-refractivity contribution in [3.8, 4) is 0 Å². The first-order valence-corrected chi connectivity index (χ1v) is 8.05. The van der Waals surface area contributed by atoms with Gasteiger partial charge in [0.1, 0.15) is 5.82 Å². The maximum atomic E-state index is 13.2. The zero-order valence-corrected chi connectivity index (χ0v) is 13.8. The Morgan fingerprint density at radius 3 is 2.58 bits per heavy atom. The fraction of sp³-hybridized carbons (Fsp3) is 0.200. The first-order chi connectivity index (χ1) is 11.3. The molecule has 0 N–H and O–H groups in total. The minimum absolute atomic E-state index is 0.00888. The SMILES string of the molecule is CC(Sc1nnc2ccc(C(F)(F)F)cn12)c1ccc(F)c(Cl)c1. The second kappa shape index (κ2) is 6.25. The Morgan fingerprint density at radius 2 is 1.92 bits per heavy atom. The van der Waals surface area contributed by atoms with E-state index in [4.69, 9.17) is 11.6 Å². The Bertz CT molecular complexity index is 894. The molecule has 0 fully saturated rings. The van der Waals surface area contributed by atoms with Crippen molar-refractivity contribution in [2.75, 3.05) is 0 Å². The Labute approximate surface area is 143 Å². The van der Waals surface area contributed by atoms with Gasteiger partial charge in [-0.15, -0.1) is 10.2 Å². The molecule has 0 saturated carbocycles. The average molecular weight is 376 g/mol. The van der Waals surface area contributed by atoms with Gasteiger partial charge in [-0.25, -0.2) is 4.39 Å². The van der Waals surface area contributed by atoms with Crippen LogP contribution < -0.4 is 0 Å². The zero-order valence-electron chi connectivity index (χ0n) is 12.2. The van der Waals surface area contributed by atoms with E-state index in [0.717, 1.165) is 17.8 Å². The number of halogens is 5. The topological polar surface area (TPSA) is 30.2 Å². The van der Waals surface area contributed by atoms with Crippen LogP contribution in [0.4, 0.5) is 17.6 Å². The van der Waals surface area contributed by atoms with Crippen molar-refractivity contribution < 1.29 is 17.6 Å². The Morgan fingerprint density at radius 1 is 1.17 bits per heavy atom. The second-order valence-corrected chi connectivity index (χ2v) is 6.78. The summed E-state index contributed by atoms with van der Waals surface area (Å²) in [5, 5.41) is 7.88. The van der Waals surface area contributed by atoms with Gasteiger partial charge in [-0.1, -0.05) is 29.4 Å². The third-order valence-electron chi connectivity index (χ3n) is 3.39. The van der Waals surface area contributed by atoms with E-state index in [1.165, 1.54) is 34.4 Å². The summed E-state index contributed by atoms with van der Waals surface area (Å²) in [5.41, 5.74) is 0.263. The van der Waals surface area contributed by atoms with Gasteiger partial charge in [0.15, 0.2) is 10.8 Å². The molecule has 9 heteroatoms. The highest BCUT2D eigenvalue weighted by Crippen LogP contribution is 2.36. The molecule has 0 bridgehead atoms. The van der Waals surface area contributed by atoms with Gasteiger partial charge >= 0.3 is 6.18 Å². The van der Waals surface area contributed by atoms with Gasteiger partial charge in [0.05, 0.1) is 10.6 Å². The molecule has 0 aliphatic rings. The van der Waals surface area contributed by atoms with E-state index in [1.54, 1.807) is 6.07 Å². The molecular weight excluding hydrogens is 366 g/mol. The third kappa shape index (κ3) is 3.34. The molecule has 126 valence electrons. The Balaban J connectivity index is 1.93. The molecule has 2 heterocycles. The van der Waals surface area contributed by atoms with E-state index in [9.17, 15) is 17.6 Å². The average Bonchev–Trinajstić information content (AvgIpc) is 2.91. The molecule has 0 saturated heterocycles. The summed E-state index contributed by atoms with van der Waals surface area (Å²) in [7, 11) is 0. The predicted molar refractivity (Wildman–Crippen MR) is 83.7 cm³/mol. The van der Waals surface area contributed by atoms with Crippen LogP contribution in [0.2, 0.25) is 5.02 Å². The van der Waals surface area contributed by atoms with E-state index >= 15 is 0 Å². The number of benzene rings is 1. The molecule has 2 aromatic heterocycles. The first kappa shape index (κ1) is 17.0. The van der Waals surface area contributed by atoms with Crippen LogP contribution in [0.5, 0.6) is 0 Å². The van der Waals surface area contributed by atoms with Crippen LogP contribution in [-0.2, 0) is 6.18 Å². The molecule has 0 aliphatic carbocycles. The van der Waals surface area contributed by atoms with Gasteiger partial charge in [0, 0.05) is 11.4 Å². The Hall–Kier alpha value is -1.80. The van der Waals surface area contributed by atoms with E-state index in [-0.39, 0.29) is 10.3 Å². The molecule has 0 aliphatic heterocycles. The normalized spacial score (nSPS) is 13.4. The second-order valence-electron chi connectivity index (χ2n) is 5.06. The Kier molecular flexibility index (Phi) is 4.44. The van der Waals surface area contributed by atoms with Crippen molar-refractivity contribution in [1.29, 1.82) is 0 Å². The number of hydrogen-bond donors (Lipinski definition) is 0. The van der Waals surface area contributed by atoms with Crippen molar-refractivity contribution in [2.45, 2.75) is 23.5 Å². The first-order valence-electron chi connectivity index (χ1n) is 6.79. The monoisotopic (exact) mass is 375 g/mol. The lowest BCUT2D eigenvalue weighted by atomic mass is 10.2. The van der Waals surface area contributed by atoms with Crippen molar-refractivity contribution in [1.82, 2.24) is 14.6 Å². The summed E-state index contributed by atoms with van der Waals surface area (Å²) in [5.74, 6) is -0.527. The number of hydrogen-bond acceptors (Lipinski definition) is 3. The van der Waals surface area contributed by atoms with E-state index in [1.807, 2.05) is 6.92 Å². The summed E-state index contributed by atoms with van der Waals surface area (Å²) in [6, 6.07) is 6.53. The highest BCUT2D eigenvalue weighted by molar-refractivity contribution is 7.99. The van der Waals surface area contributed by atoms with Gasteiger partial charge in [-0.2, -0.15) is 13.2 Å². The number of fused-ring (bicyclic) bond motifs is 1. The summed E-state index contributed by atoms with van der Waals surface area (Å²) in [6.07, 6.45) is -3.49. The maximum absolute atomic E-state index is 13.2. The molecule has 3 aromatic rings. The summed E-state index contributed by atoms with van der Waals surface area (Å²) < 4.78 is 53.1. The van der Waals surface area contributed by atoms with Crippen molar-refractivity contribution in [3.05, 3.63) is 58.5 Å². The smallest absolute Gasteiger partial charge is 0.277 e. The number of nitrogens with zero attached hydrogens (tertiary/aromatic N) is 3. The minimum Gasteiger partial charge on any atom is -0.277 e. The lowest BCUT2D eigenvalue weighted by Crippen LogP contribution is -2.06. The summed E-state index contributed by atoms with van der Waals surface area (Å²) in [4.78, 5) is 0. The summed E-state index contributed by atoms with van der Waals surface area (Å²) >= 11 is 6.97. The van der Waals surface area contributed by atoms with Crippen molar-refractivity contribution >= 4 is 29.0 Å². The number of alkyl halides is 3. The van der Waals surface area contributed by atoms with Crippen LogP contribution in [0.15, 0.2) is 41.7 Å². The van der Waals surface area contributed by atoms with Crippen LogP contribution in [-0.4, -0.2) is 14.6 Å². The predicted octanol–water partition coefficient (Wildman–Crippen LogP) is 5.39. The van der Waals surface area contributed by atoms with Gasteiger partial charge in [-0.3, -0.25) is 4.40 Å². The van der Waals surface area contributed by atoms with Gasteiger partial charge < -0.3 is 0 Å². The molecule has 0 amide bonds. The van der Waals surface area contributed by atoms with Crippen LogP contribution >= 0.6 is 23.4 Å². The standard InChI is InChI=1S/C15H10ClF4N3S/c1-8(9-2-4-12(17)11(16)6-9)24-14-22-21-13-5-3-10(7-23(13)14)15(18,19)20/h2-8H,1H3. The maximum Gasteiger partial charge on any atom is 0.417 e. The minimum atomic E-state index is -4.45. The third-order valence-corrected chi connectivity index (χ3v) is 4.80. The molecule has 1 aromatic carbocycles. The zero-order chi connectivity index (χ0) is 17.5. The fourth-order valence-corrected chi connectivity index (χ4v) is 3.24. The molecular formula is C15H10ClF4N3S. The van der Waals surface area contributed by atoms with E-state index in [2.05, 4.69) is 10.2 Å². The largest absolute Gasteiger partial charge is 0.417 e. The molecule has 1 unspecified atom stereocenters.